The molecule has 1 aliphatic rings. The number of aromatic nitrogens is 2. The first-order chi connectivity index (χ1) is 15.9. The third-order valence-corrected chi connectivity index (χ3v) is 7.91. The third-order valence-electron chi connectivity index (χ3n) is 5.64. The van der Waals surface area contributed by atoms with E-state index in [4.69, 9.17) is 19.9 Å². The fourth-order valence-corrected chi connectivity index (χ4v) is 5.56. The zero-order chi connectivity index (χ0) is 25.7. The summed E-state index contributed by atoms with van der Waals surface area (Å²) < 4.78 is 35.0. The van der Waals surface area contributed by atoms with Crippen molar-refractivity contribution in [3.8, 4) is 0 Å². The molecule has 6 atom stereocenters. The van der Waals surface area contributed by atoms with E-state index in [1.165, 1.54) is 17.9 Å². The van der Waals surface area contributed by atoms with Crippen molar-refractivity contribution in [2.75, 3.05) is 7.11 Å². The highest BCUT2D eigenvalue weighted by Gasteiger charge is 2.40. The van der Waals surface area contributed by atoms with Crippen LogP contribution in [0.15, 0.2) is 15.8 Å². The number of H-pyrrole nitrogens is 1. The predicted molar refractivity (Wildman–Crippen MR) is 126 cm³/mol. The smallest absolute Gasteiger partial charge is 0.330 e. The Morgan fingerprint density at radius 2 is 1.91 bits per heavy atom. The van der Waals surface area contributed by atoms with Crippen LogP contribution in [0.25, 0.3) is 0 Å². The SMILES string of the molecule is [2H]C[C@H]1O[C@@H](n2cc(C)c(=O)[nH]c2=O)CC1OP(OC(C)C(C)C(=O)OC)N(C(C)C)C(C)C. The number of ether oxygens (including phenoxy) is 2. The van der Waals surface area contributed by atoms with Crippen LogP contribution in [0.2, 0.25) is 0 Å². The average molecular weight is 489 g/mol. The minimum atomic E-state index is -1.64. The van der Waals surface area contributed by atoms with Crippen LogP contribution < -0.4 is 11.2 Å². The topological polar surface area (TPSA) is 112 Å². The second-order valence-corrected chi connectivity index (χ2v) is 10.3. The van der Waals surface area contributed by atoms with Gasteiger partial charge in [-0.25, -0.2) is 9.46 Å². The molecule has 1 N–H and O–H groups in total. The van der Waals surface area contributed by atoms with E-state index in [1.807, 2.05) is 27.7 Å². The van der Waals surface area contributed by atoms with Gasteiger partial charge in [0.25, 0.3) is 14.1 Å². The molecule has 33 heavy (non-hydrogen) atoms. The number of carbonyl (C=O) groups excluding carboxylic acids is 1. The monoisotopic (exact) mass is 488 g/mol. The molecule has 1 saturated heterocycles. The van der Waals surface area contributed by atoms with Crippen molar-refractivity contribution >= 4 is 14.5 Å². The van der Waals surface area contributed by atoms with Crippen LogP contribution in [0, 0.1) is 12.8 Å². The summed E-state index contributed by atoms with van der Waals surface area (Å²) in [6.45, 7) is 13.2. The second kappa shape index (κ2) is 11.7. The van der Waals surface area contributed by atoms with Crippen LogP contribution in [-0.2, 0) is 23.3 Å². The lowest BCUT2D eigenvalue weighted by Crippen LogP contribution is -2.37. The minimum absolute atomic E-state index is 0.0705. The summed E-state index contributed by atoms with van der Waals surface area (Å²) >= 11 is 0. The van der Waals surface area contributed by atoms with Gasteiger partial charge in [-0.3, -0.25) is 19.1 Å². The Hall–Kier alpha value is -1.58. The molecule has 0 aromatic carbocycles. The fraction of sp³-hybridized carbons (Fsp3) is 0.773. The van der Waals surface area contributed by atoms with Crippen molar-refractivity contribution in [3.63, 3.8) is 0 Å². The van der Waals surface area contributed by atoms with E-state index < -0.39 is 50.2 Å². The molecule has 188 valence electrons. The van der Waals surface area contributed by atoms with E-state index in [0.717, 1.165) is 0 Å². The molecule has 1 fully saturated rings. The van der Waals surface area contributed by atoms with Gasteiger partial charge in [0, 0.05) is 31.6 Å². The quantitative estimate of drug-likeness (QED) is 0.395. The maximum Gasteiger partial charge on any atom is 0.330 e. The average Bonchev–Trinajstić information content (AvgIpc) is 3.16. The van der Waals surface area contributed by atoms with Gasteiger partial charge in [-0.15, -0.1) is 0 Å². The third kappa shape index (κ3) is 6.73. The van der Waals surface area contributed by atoms with E-state index in [-0.39, 0.29) is 25.0 Å². The second-order valence-electron chi connectivity index (χ2n) is 8.92. The van der Waals surface area contributed by atoms with E-state index >= 15 is 0 Å². The zero-order valence-electron chi connectivity index (χ0n) is 21.7. The highest BCUT2D eigenvalue weighted by Crippen LogP contribution is 2.51. The molecule has 1 aromatic heterocycles. The maximum absolute atomic E-state index is 12.4. The molecule has 2 heterocycles. The Labute approximate surface area is 197 Å². The summed E-state index contributed by atoms with van der Waals surface area (Å²) in [5.41, 5.74) is -0.633. The van der Waals surface area contributed by atoms with Crippen LogP contribution in [0.1, 0.15) is 68.0 Å². The maximum atomic E-state index is 12.4. The van der Waals surface area contributed by atoms with Gasteiger partial charge < -0.3 is 18.5 Å². The van der Waals surface area contributed by atoms with E-state index in [0.29, 0.717) is 12.0 Å². The van der Waals surface area contributed by atoms with Crippen molar-refractivity contribution in [1.82, 2.24) is 14.2 Å². The Balaban J connectivity index is 2.31. The first-order valence-electron chi connectivity index (χ1n) is 11.9. The molecule has 0 amide bonds. The molecule has 0 saturated carbocycles. The van der Waals surface area contributed by atoms with E-state index in [1.54, 1.807) is 20.8 Å². The van der Waals surface area contributed by atoms with Crippen molar-refractivity contribution in [3.05, 3.63) is 32.6 Å². The minimum Gasteiger partial charge on any atom is -0.469 e. The number of methoxy groups -OCH3 is 1. The molecule has 0 spiro atoms. The number of hydrogen-bond donors (Lipinski definition) is 1. The number of esters is 1. The van der Waals surface area contributed by atoms with Gasteiger partial charge in [0.15, 0.2) is 0 Å². The number of carbonyl (C=O) groups is 1. The van der Waals surface area contributed by atoms with Gasteiger partial charge in [0.1, 0.15) is 6.23 Å². The zero-order valence-corrected chi connectivity index (χ0v) is 21.6. The summed E-state index contributed by atoms with van der Waals surface area (Å²) in [5.74, 6) is -0.869. The predicted octanol–water partition coefficient (Wildman–Crippen LogP) is 3.10. The van der Waals surface area contributed by atoms with Crippen LogP contribution in [-0.4, -0.2) is 57.7 Å². The van der Waals surface area contributed by atoms with Gasteiger partial charge in [-0.05, 0) is 55.4 Å². The molecule has 0 aliphatic carbocycles. The van der Waals surface area contributed by atoms with E-state index in [2.05, 4.69) is 9.65 Å². The van der Waals surface area contributed by atoms with Gasteiger partial charge >= 0.3 is 11.7 Å². The first kappa shape index (κ1) is 26.0. The highest BCUT2D eigenvalue weighted by molar-refractivity contribution is 7.44. The number of nitrogens with zero attached hydrogens (tertiary/aromatic N) is 2. The molecule has 10 nitrogen and oxygen atoms in total. The molecule has 0 radical (unpaired) electrons. The molecule has 2 rings (SSSR count). The number of hydrogen-bond acceptors (Lipinski definition) is 8. The molecular formula is C22H38N3O7P. The Morgan fingerprint density at radius 1 is 1.27 bits per heavy atom. The number of aryl methyl sites for hydroxylation is 1. The van der Waals surface area contributed by atoms with Crippen molar-refractivity contribution in [2.45, 2.75) is 98.4 Å². The largest absolute Gasteiger partial charge is 0.469 e. The fourth-order valence-electron chi connectivity index (χ4n) is 3.62. The summed E-state index contributed by atoms with van der Waals surface area (Å²) in [4.78, 5) is 38.5. The summed E-state index contributed by atoms with van der Waals surface area (Å²) in [6.07, 6.45) is -0.500. The summed E-state index contributed by atoms with van der Waals surface area (Å²) in [6, 6.07) is 0.174. The van der Waals surface area contributed by atoms with Gasteiger partial charge in [0.2, 0.25) is 0 Å². The molecule has 1 aromatic rings. The van der Waals surface area contributed by atoms with E-state index in [9.17, 15) is 14.4 Å². The summed E-state index contributed by atoms with van der Waals surface area (Å²) in [7, 11) is -0.296. The normalized spacial score (nSPS) is 24.2. The molecule has 1 aliphatic heterocycles. The van der Waals surface area contributed by atoms with Crippen molar-refractivity contribution < 1.29 is 24.7 Å². The summed E-state index contributed by atoms with van der Waals surface area (Å²) in [5, 5.41) is 0. The molecule has 0 bridgehead atoms. The Bertz CT molecular complexity index is 930. The van der Waals surface area contributed by atoms with Gasteiger partial charge in [0.05, 0.1) is 31.3 Å². The van der Waals surface area contributed by atoms with Crippen LogP contribution in [0.3, 0.4) is 0 Å². The molecular weight excluding hydrogens is 449 g/mol. The van der Waals surface area contributed by atoms with Crippen LogP contribution in [0.4, 0.5) is 0 Å². The Morgan fingerprint density at radius 3 is 2.45 bits per heavy atom. The van der Waals surface area contributed by atoms with Gasteiger partial charge in [-0.2, -0.15) is 0 Å². The van der Waals surface area contributed by atoms with Crippen molar-refractivity contribution in [2.24, 2.45) is 5.92 Å². The van der Waals surface area contributed by atoms with Crippen LogP contribution >= 0.6 is 8.53 Å². The lowest BCUT2D eigenvalue weighted by molar-refractivity contribution is -0.147. The van der Waals surface area contributed by atoms with Crippen LogP contribution in [0.5, 0.6) is 0 Å². The number of rotatable bonds is 10. The Kier molecular flexibility index (Phi) is 9.24. The molecule has 11 heteroatoms. The number of aromatic amines is 1. The lowest BCUT2D eigenvalue weighted by atomic mass is 10.1. The molecule has 4 unspecified atom stereocenters. The standard InChI is InChI=1S/C22H38N3O7P/c1-12(2)25(13(3)4)33(31-16(7)15(6)21(27)29-9)32-18-10-19(30-17(18)8)24-11-14(5)20(26)23-22(24)28/h11-13,15-19H,10H2,1-9H3,(H,23,26,28)/t15?,16?,17-,18?,19-,33?/m1/s1/i8D. The van der Waals surface area contributed by atoms with Crippen molar-refractivity contribution in [1.29, 1.82) is 0 Å². The lowest BCUT2D eigenvalue weighted by Gasteiger charge is -2.39. The number of nitrogens with one attached hydrogen (secondary N) is 1. The van der Waals surface area contributed by atoms with Gasteiger partial charge in [-0.1, -0.05) is 0 Å². The first-order valence-corrected chi connectivity index (χ1v) is 12.3. The highest BCUT2D eigenvalue weighted by atomic mass is 31.2.